The van der Waals surface area contributed by atoms with Crippen LogP contribution >= 0.6 is 0 Å². The maximum Gasteiger partial charge on any atom is 0.223 e. The van der Waals surface area contributed by atoms with Gasteiger partial charge in [-0.1, -0.05) is 18.2 Å². The first-order chi connectivity index (χ1) is 11.2. The Labute approximate surface area is 139 Å². The summed E-state index contributed by atoms with van der Waals surface area (Å²) in [6.07, 6.45) is 6.14. The molecule has 4 nitrogen and oxygen atoms in total. The number of ether oxygens (including phenoxy) is 1. The van der Waals surface area contributed by atoms with E-state index in [0.29, 0.717) is 24.4 Å². The molecule has 2 aliphatic rings. The topological polar surface area (TPSA) is 32.8 Å². The molecule has 0 bridgehead atoms. The molecule has 126 valence electrons. The fraction of sp³-hybridized carbons (Fsp3) is 0.632. The molecule has 0 unspecified atom stereocenters. The van der Waals surface area contributed by atoms with Gasteiger partial charge in [-0.2, -0.15) is 0 Å². The van der Waals surface area contributed by atoms with Crippen molar-refractivity contribution in [2.24, 2.45) is 0 Å². The van der Waals surface area contributed by atoms with Crippen molar-refractivity contribution in [3.8, 4) is 5.75 Å². The van der Waals surface area contributed by atoms with Crippen molar-refractivity contribution < 1.29 is 9.53 Å². The number of aryl methyl sites for hydroxylation is 1. The van der Waals surface area contributed by atoms with E-state index in [1.54, 1.807) is 7.11 Å². The van der Waals surface area contributed by atoms with Crippen LogP contribution in [-0.2, 0) is 11.2 Å². The molecule has 0 N–H and O–H groups in total. The number of carbonyl (C=O) groups is 1. The lowest BCUT2D eigenvalue weighted by Gasteiger charge is -2.33. The number of hydrogen-bond acceptors (Lipinski definition) is 3. The maximum atomic E-state index is 12.8. The lowest BCUT2D eigenvalue weighted by molar-refractivity contribution is -0.132. The fourth-order valence-corrected chi connectivity index (χ4v) is 4.22. The summed E-state index contributed by atoms with van der Waals surface area (Å²) in [6, 6.07) is 8.98. The van der Waals surface area contributed by atoms with Crippen molar-refractivity contribution in [3.63, 3.8) is 0 Å². The lowest BCUT2D eigenvalue weighted by atomic mass is 10.0. The third-order valence-corrected chi connectivity index (χ3v) is 5.44. The molecule has 4 heteroatoms. The number of benzene rings is 1. The number of para-hydroxylation sites is 1. The van der Waals surface area contributed by atoms with Crippen molar-refractivity contribution in [1.82, 2.24) is 9.80 Å². The van der Waals surface area contributed by atoms with Gasteiger partial charge in [0.2, 0.25) is 5.91 Å². The highest BCUT2D eigenvalue weighted by molar-refractivity contribution is 5.77. The predicted octanol–water partition coefficient (Wildman–Crippen LogP) is 2.71. The van der Waals surface area contributed by atoms with E-state index in [-0.39, 0.29) is 0 Å². The van der Waals surface area contributed by atoms with Crippen LogP contribution in [-0.4, -0.2) is 55.0 Å². The Balaban J connectivity index is 1.61. The van der Waals surface area contributed by atoms with Crippen LogP contribution < -0.4 is 4.74 Å². The Morgan fingerprint density at radius 2 is 1.91 bits per heavy atom. The molecular formula is C19H28N2O2. The van der Waals surface area contributed by atoms with Gasteiger partial charge in [0.1, 0.15) is 5.75 Å². The van der Waals surface area contributed by atoms with Gasteiger partial charge < -0.3 is 14.5 Å². The molecule has 2 atom stereocenters. The summed E-state index contributed by atoms with van der Waals surface area (Å²) < 4.78 is 5.39. The fourth-order valence-electron chi connectivity index (χ4n) is 4.22. The van der Waals surface area contributed by atoms with Crippen LogP contribution in [0.3, 0.4) is 0 Å². The van der Waals surface area contributed by atoms with Gasteiger partial charge in [0.05, 0.1) is 7.11 Å². The Bertz CT molecular complexity index is 546. The summed E-state index contributed by atoms with van der Waals surface area (Å²) in [4.78, 5) is 17.4. The molecule has 2 heterocycles. The highest BCUT2D eigenvalue weighted by atomic mass is 16.5. The quantitative estimate of drug-likeness (QED) is 0.837. The first kappa shape index (κ1) is 16.3. The minimum atomic E-state index is 0.304. The largest absolute Gasteiger partial charge is 0.496 e. The summed E-state index contributed by atoms with van der Waals surface area (Å²) in [7, 11) is 3.89. The third-order valence-electron chi connectivity index (χ3n) is 5.44. The summed E-state index contributed by atoms with van der Waals surface area (Å²) in [5, 5.41) is 0. The van der Waals surface area contributed by atoms with E-state index in [0.717, 1.165) is 37.1 Å². The maximum absolute atomic E-state index is 12.8. The van der Waals surface area contributed by atoms with Gasteiger partial charge >= 0.3 is 0 Å². The van der Waals surface area contributed by atoms with Crippen LogP contribution in [0.2, 0.25) is 0 Å². The van der Waals surface area contributed by atoms with E-state index >= 15 is 0 Å². The highest BCUT2D eigenvalue weighted by Crippen LogP contribution is 2.30. The van der Waals surface area contributed by atoms with Gasteiger partial charge in [-0.25, -0.2) is 0 Å². The third kappa shape index (κ3) is 3.52. The minimum absolute atomic E-state index is 0.304. The molecule has 1 aromatic carbocycles. The molecule has 2 aliphatic heterocycles. The van der Waals surface area contributed by atoms with Crippen LogP contribution in [0.15, 0.2) is 24.3 Å². The van der Waals surface area contributed by atoms with E-state index in [1.807, 2.05) is 18.2 Å². The SMILES string of the molecule is COc1ccccc1CCC(=O)N1CCC[C@H]1[C@@H]1CCCN1C. The number of likely N-dealkylation sites (tertiary alicyclic amines) is 2. The second kappa shape index (κ2) is 7.35. The Morgan fingerprint density at radius 3 is 2.65 bits per heavy atom. The molecule has 23 heavy (non-hydrogen) atoms. The minimum Gasteiger partial charge on any atom is -0.496 e. The zero-order chi connectivity index (χ0) is 16.2. The van der Waals surface area contributed by atoms with Crippen molar-refractivity contribution in [2.75, 3.05) is 27.2 Å². The standard InChI is InChI=1S/C19H28N2O2/c1-20-13-5-8-16(20)17-9-6-14-21(17)19(22)12-11-15-7-3-4-10-18(15)23-2/h3-4,7,10,16-17H,5-6,8-9,11-14H2,1-2H3/t16-,17-/m0/s1. The first-order valence-corrected chi connectivity index (χ1v) is 8.82. The van der Waals surface area contributed by atoms with E-state index in [1.165, 1.54) is 19.4 Å². The number of nitrogens with zero attached hydrogens (tertiary/aromatic N) is 2. The summed E-state index contributed by atoms with van der Waals surface area (Å²) >= 11 is 0. The zero-order valence-corrected chi connectivity index (χ0v) is 14.3. The monoisotopic (exact) mass is 316 g/mol. The van der Waals surface area contributed by atoms with Crippen LogP contribution in [0.4, 0.5) is 0 Å². The second-order valence-corrected chi connectivity index (χ2v) is 6.80. The summed E-state index contributed by atoms with van der Waals surface area (Å²) in [5.74, 6) is 1.19. The summed E-state index contributed by atoms with van der Waals surface area (Å²) in [6.45, 7) is 2.10. The van der Waals surface area contributed by atoms with E-state index in [9.17, 15) is 4.79 Å². The van der Waals surface area contributed by atoms with Gasteiger partial charge in [0.25, 0.3) is 0 Å². The van der Waals surface area contributed by atoms with Gasteiger partial charge in [0.15, 0.2) is 0 Å². The highest BCUT2D eigenvalue weighted by Gasteiger charge is 2.38. The molecule has 1 aromatic rings. The molecule has 0 aliphatic carbocycles. The van der Waals surface area contributed by atoms with Crippen molar-refractivity contribution in [3.05, 3.63) is 29.8 Å². The van der Waals surface area contributed by atoms with Crippen LogP contribution in [0.5, 0.6) is 5.75 Å². The second-order valence-electron chi connectivity index (χ2n) is 6.80. The van der Waals surface area contributed by atoms with E-state index in [2.05, 4.69) is 22.9 Å². The molecular weight excluding hydrogens is 288 g/mol. The Hall–Kier alpha value is -1.55. The smallest absolute Gasteiger partial charge is 0.223 e. The average molecular weight is 316 g/mol. The van der Waals surface area contributed by atoms with Gasteiger partial charge in [-0.3, -0.25) is 4.79 Å². The molecule has 2 saturated heterocycles. The lowest BCUT2D eigenvalue weighted by Crippen LogP contribution is -2.47. The first-order valence-electron chi connectivity index (χ1n) is 8.82. The number of hydrogen-bond donors (Lipinski definition) is 0. The molecule has 0 spiro atoms. The molecule has 0 aromatic heterocycles. The number of rotatable bonds is 5. The normalized spacial score (nSPS) is 25.0. The van der Waals surface area contributed by atoms with Gasteiger partial charge in [-0.15, -0.1) is 0 Å². The molecule has 0 radical (unpaired) electrons. The van der Waals surface area contributed by atoms with E-state index in [4.69, 9.17) is 4.74 Å². The number of likely N-dealkylation sites (N-methyl/N-ethyl adjacent to an activating group) is 1. The van der Waals surface area contributed by atoms with Crippen LogP contribution in [0.25, 0.3) is 0 Å². The van der Waals surface area contributed by atoms with E-state index < -0.39 is 0 Å². The zero-order valence-electron chi connectivity index (χ0n) is 14.3. The molecule has 1 amide bonds. The van der Waals surface area contributed by atoms with Gasteiger partial charge in [-0.05, 0) is 57.3 Å². The molecule has 3 rings (SSSR count). The number of carbonyl (C=O) groups excluding carboxylic acids is 1. The summed E-state index contributed by atoms with van der Waals surface area (Å²) in [5.41, 5.74) is 1.12. The molecule has 2 fully saturated rings. The van der Waals surface area contributed by atoms with Crippen molar-refractivity contribution in [1.29, 1.82) is 0 Å². The number of amides is 1. The van der Waals surface area contributed by atoms with Gasteiger partial charge in [0, 0.05) is 25.0 Å². The van der Waals surface area contributed by atoms with Crippen molar-refractivity contribution >= 4 is 5.91 Å². The number of methoxy groups -OCH3 is 1. The van der Waals surface area contributed by atoms with Crippen molar-refractivity contribution in [2.45, 2.75) is 50.6 Å². The Morgan fingerprint density at radius 1 is 1.17 bits per heavy atom. The average Bonchev–Trinajstić information content (AvgIpc) is 3.21. The van der Waals surface area contributed by atoms with Crippen LogP contribution in [0, 0.1) is 0 Å². The predicted molar refractivity (Wildman–Crippen MR) is 91.7 cm³/mol. The van der Waals surface area contributed by atoms with Crippen LogP contribution in [0.1, 0.15) is 37.7 Å². The molecule has 0 saturated carbocycles. The Kier molecular flexibility index (Phi) is 5.21.